The number of rotatable bonds is 3. The van der Waals surface area contributed by atoms with E-state index in [1.165, 1.54) is 32.1 Å². The minimum atomic E-state index is 0.0691. The molecule has 1 amide bonds. The zero-order valence-electron chi connectivity index (χ0n) is 13.3. The van der Waals surface area contributed by atoms with Gasteiger partial charge in [0.25, 0.3) is 0 Å². The molecule has 4 heteroatoms. The molecular weight excluding hydrogens is 296 g/mol. The van der Waals surface area contributed by atoms with Crippen LogP contribution >= 0.6 is 11.6 Å². The molecule has 1 saturated carbocycles. The van der Waals surface area contributed by atoms with E-state index in [0.717, 1.165) is 36.2 Å². The molecule has 2 aliphatic rings. The Labute approximate surface area is 138 Å². The highest BCUT2D eigenvalue weighted by atomic mass is 35.5. The van der Waals surface area contributed by atoms with Crippen LogP contribution in [0.2, 0.25) is 5.02 Å². The minimum absolute atomic E-state index is 0.0691. The maximum absolute atomic E-state index is 12.3. The van der Waals surface area contributed by atoms with Gasteiger partial charge in [-0.05, 0) is 55.8 Å². The zero-order chi connectivity index (χ0) is 15.5. The van der Waals surface area contributed by atoms with Crippen LogP contribution in [0, 0.1) is 18.8 Å². The normalized spacial score (nSPS) is 25.5. The third-order valence-corrected chi connectivity index (χ3v) is 5.45. The molecule has 0 spiro atoms. The maximum Gasteiger partial charge on any atom is 0.238 e. The second kappa shape index (κ2) is 7.01. The Morgan fingerprint density at radius 1 is 1.27 bits per heavy atom. The Kier molecular flexibility index (Phi) is 5.04. The summed E-state index contributed by atoms with van der Waals surface area (Å²) in [5, 5.41) is 3.66. The number of benzene rings is 1. The summed E-state index contributed by atoms with van der Waals surface area (Å²) in [6, 6.07) is 5.61. The number of fused-ring (bicyclic) bond motifs is 1. The summed E-state index contributed by atoms with van der Waals surface area (Å²) in [7, 11) is 0. The number of nitrogens with zero attached hydrogens (tertiary/aromatic N) is 1. The van der Waals surface area contributed by atoms with Gasteiger partial charge in [-0.15, -0.1) is 0 Å². The lowest BCUT2D eigenvalue weighted by molar-refractivity contribution is -0.118. The van der Waals surface area contributed by atoms with Crippen molar-refractivity contribution in [2.45, 2.75) is 39.0 Å². The van der Waals surface area contributed by atoms with Crippen molar-refractivity contribution in [2.75, 3.05) is 25.0 Å². The smallest absolute Gasteiger partial charge is 0.238 e. The lowest BCUT2D eigenvalue weighted by Crippen LogP contribution is -2.44. The lowest BCUT2D eigenvalue weighted by atomic mass is 9.75. The average Bonchev–Trinajstić information content (AvgIpc) is 2.51. The van der Waals surface area contributed by atoms with Crippen LogP contribution in [0.4, 0.5) is 5.69 Å². The minimum Gasteiger partial charge on any atom is -0.325 e. The van der Waals surface area contributed by atoms with Crippen molar-refractivity contribution in [1.29, 1.82) is 0 Å². The summed E-state index contributed by atoms with van der Waals surface area (Å²) in [6.45, 7) is 4.63. The standard InChI is InChI=1S/C18H25ClN2O/c1-13-6-7-16(19)10-17(13)20-18(22)12-21-9-8-14-4-2-3-5-15(14)11-21/h6-7,10,14-15H,2-5,8-9,11-12H2,1H3,(H,20,22)/t14-,15-/m1/s1. The second-order valence-electron chi connectivity index (χ2n) is 6.84. The van der Waals surface area contributed by atoms with Crippen molar-refractivity contribution in [3.05, 3.63) is 28.8 Å². The molecule has 1 N–H and O–H groups in total. The van der Waals surface area contributed by atoms with Crippen LogP contribution in [-0.2, 0) is 4.79 Å². The fraction of sp³-hybridized carbons (Fsp3) is 0.611. The number of piperidine rings is 1. The van der Waals surface area contributed by atoms with Gasteiger partial charge in [-0.1, -0.05) is 36.9 Å². The number of halogens is 1. The van der Waals surface area contributed by atoms with E-state index in [2.05, 4.69) is 10.2 Å². The Bertz CT molecular complexity index is 546. The number of hydrogen-bond acceptors (Lipinski definition) is 2. The molecule has 22 heavy (non-hydrogen) atoms. The molecule has 0 unspecified atom stereocenters. The van der Waals surface area contributed by atoms with Gasteiger partial charge in [-0.25, -0.2) is 0 Å². The van der Waals surface area contributed by atoms with E-state index in [-0.39, 0.29) is 5.91 Å². The summed E-state index contributed by atoms with van der Waals surface area (Å²) < 4.78 is 0. The average molecular weight is 321 g/mol. The van der Waals surface area contributed by atoms with Crippen LogP contribution in [0.3, 0.4) is 0 Å². The topological polar surface area (TPSA) is 32.3 Å². The molecular formula is C18H25ClN2O. The van der Waals surface area contributed by atoms with E-state index in [9.17, 15) is 4.79 Å². The predicted molar refractivity (Wildman–Crippen MR) is 91.3 cm³/mol. The van der Waals surface area contributed by atoms with Crippen LogP contribution in [0.15, 0.2) is 18.2 Å². The van der Waals surface area contributed by atoms with Crippen molar-refractivity contribution in [1.82, 2.24) is 4.90 Å². The molecule has 1 aromatic carbocycles. The van der Waals surface area contributed by atoms with E-state index in [4.69, 9.17) is 11.6 Å². The first-order valence-corrected chi connectivity index (χ1v) is 8.78. The molecule has 1 saturated heterocycles. The summed E-state index contributed by atoms with van der Waals surface area (Å²) >= 11 is 6.01. The van der Waals surface area contributed by atoms with Gasteiger partial charge in [0.05, 0.1) is 6.54 Å². The van der Waals surface area contributed by atoms with Crippen LogP contribution in [0.5, 0.6) is 0 Å². The quantitative estimate of drug-likeness (QED) is 0.909. The summed E-state index contributed by atoms with van der Waals surface area (Å²) in [5.74, 6) is 1.78. The van der Waals surface area contributed by atoms with Gasteiger partial charge in [0.15, 0.2) is 0 Å². The largest absolute Gasteiger partial charge is 0.325 e. The predicted octanol–water partition coefficient (Wildman–Crippen LogP) is 4.10. The molecule has 3 rings (SSSR count). The van der Waals surface area contributed by atoms with E-state index in [1.54, 1.807) is 0 Å². The summed E-state index contributed by atoms with van der Waals surface area (Å²) in [4.78, 5) is 14.6. The molecule has 0 aromatic heterocycles. The number of hydrogen-bond donors (Lipinski definition) is 1. The highest BCUT2D eigenvalue weighted by molar-refractivity contribution is 6.31. The number of carbonyl (C=O) groups excluding carboxylic acids is 1. The molecule has 0 bridgehead atoms. The van der Waals surface area contributed by atoms with E-state index < -0.39 is 0 Å². The highest BCUT2D eigenvalue weighted by Crippen LogP contribution is 2.35. The Morgan fingerprint density at radius 2 is 2.05 bits per heavy atom. The third kappa shape index (κ3) is 3.82. The van der Waals surface area contributed by atoms with E-state index in [1.807, 2.05) is 25.1 Å². The first kappa shape index (κ1) is 15.8. The van der Waals surface area contributed by atoms with Crippen molar-refractivity contribution in [3.63, 3.8) is 0 Å². The first-order valence-electron chi connectivity index (χ1n) is 8.40. The fourth-order valence-electron chi connectivity index (χ4n) is 3.94. The second-order valence-corrected chi connectivity index (χ2v) is 7.27. The summed E-state index contributed by atoms with van der Waals surface area (Å²) in [5.41, 5.74) is 1.87. The Morgan fingerprint density at radius 3 is 2.86 bits per heavy atom. The van der Waals surface area contributed by atoms with Crippen LogP contribution < -0.4 is 5.32 Å². The van der Waals surface area contributed by atoms with Gasteiger partial charge in [0, 0.05) is 17.3 Å². The van der Waals surface area contributed by atoms with Gasteiger partial charge in [0.1, 0.15) is 0 Å². The molecule has 3 nitrogen and oxygen atoms in total. The maximum atomic E-state index is 12.3. The van der Waals surface area contributed by atoms with Gasteiger partial charge < -0.3 is 5.32 Å². The Hall–Kier alpha value is -1.06. The third-order valence-electron chi connectivity index (χ3n) is 5.22. The molecule has 0 radical (unpaired) electrons. The number of anilines is 1. The van der Waals surface area contributed by atoms with Gasteiger partial charge in [-0.3, -0.25) is 9.69 Å². The van der Waals surface area contributed by atoms with Crippen LogP contribution in [-0.4, -0.2) is 30.4 Å². The number of nitrogens with one attached hydrogen (secondary N) is 1. The molecule has 2 fully saturated rings. The molecule has 1 aromatic rings. The number of carbonyl (C=O) groups is 1. The SMILES string of the molecule is Cc1ccc(Cl)cc1NC(=O)CN1CC[C@H]2CCCC[C@@H]2C1. The van der Waals surface area contributed by atoms with E-state index in [0.29, 0.717) is 11.6 Å². The highest BCUT2D eigenvalue weighted by Gasteiger charge is 2.31. The summed E-state index contributed by atoms with van der Waals surface area (Å²) in [6.07, 6.45) is 6.76. The van der Waals surface area contributed by atoms with Crippen molar-refractivity contribution in [2.24, 2.45) is 11.8 Å². The Balaban J connectivity index is 1.54. The molecule has 120 valence electrons. The number of amides is 1. The lowest BCUT2D eigenvalue weighted by Gasteiger charge is -2.41. The van der Waals surface area contributed by atoms with Gasteiger partial charge in [0.2, 0.25) is 5.91 Å². The first-order chi connectivity index (χ1) is 10.6. The van der Waals surface area contributed by atoms with Gasteiger partial charge >= 0.3 is 0 Å². The number of aryl methyl sites for hydroxylation is 1. The van der Waals surface area contributed by atoms with Crippen LogP contribution in [0.1, 0.15) is 37.7 Å². The number of likely N-dealkylation sites (tertiary alicyclic amines) is 1. The molecule has 1 aliphatic carbocycles. The molecule has 2 atom stereocenters. The van der Waals surface area contributed by atoms with Crippen molar-refractivity contribution < 1.29 is 4.79 Å². The van der Waals surface area contributed by atoms with Gasteiger partial charge in [-0.2, -0.15) is 0 Å². The fourth-order valence-corrected chi connectivity index (χ4v) is 4.11. The van der Waals surface area contributed by atoms with E-state index >= 15 is 0 Å². The monoisotopic (exact) mass is 320 g/mol. The zero-order valence-corrected chi connectivity index (χ0v) is 14.0. The molecule has 1 aliphatic heterocycles. The van der Waals surface area contributed by atoms with Crippen LogP contribution in [0.25, 0.3) is 0 Å². The molecule has 1 heterocycles. The van der Waals surface area contributed by atoms with Crippen molar-refractivity contribution in [3.8, 4) is 0 Å². The van der Waals surface area contributed by atoms with Crippen molar-refractivity contribution >= 4 is 23.2 Å².